The molecule has 1 N–H and O–H groups in total. The van der Waals surface area contributed by atoms with Crippen molar-refractivity contribution >= 4 is 5.97 Å². The second-order valence-corrected chi connectivity index (χ2v) is 5.62. The molecule has 4 heteroatoms. The molecule has 1 aromatic carbocycles. The third-order valence-electron chi connectivity index (χ3n) is 4.10. The molecule has 1 unspecified atom stereocenters. The number of hydrogen-bond acceptors (Lipinski definition) is 4. The maximum absolute atomic E-state index is 13.3. The van der Waals surface area contributed by atoms with Crippen LogP contribution in [0.5, 0.6) is 0 Å². The van der Waals surface area contributed by atoms with Crippen LogP contribution < -0.4 is 0 Å². The average Bonchev–Trinajstić information content (AvgIpc) is 2.80. The van der Waals surface area contributed by atoms with E-state index >= 15 is 0 Å². The van der Waals surface area contributed by atoms with Gasteiger partial charge in [-0.2, -0.15) is 0 Å². The van der Waals surface area contributed by atoms with Gasteiger partial charge in [-0.1, -0.05) is 75.1 Å². The fraction of sp³-hybridized carbons (Fsp3) is 0.591. The van der Waals surface area contributed by atoms with Crippen LogP contribution in [0.2, 0.25) is 0 Å². The van der Waals surface area contributed by atoms with E-state index in [9.17, 15) is 9.90 Å². The van der Waals surface area contributed by atoms with Crippen LogP contribution in [0.3, 0.4) is 0 Å². The van der Waals surface area contributed by atoms with Crippen molar-refractivity contribution in [2.45, 2.75) is 51.3 Å². The SMILES string of the molecule is [2H]C1([2H])C(C(O)(C(=O)OCC#CCN(CC)CC)c2ccccc2)C([2H])([2H])C([2H])([2H])C([2H])([2H])C1([2H])[2H]. The van der Waals surface area contributed by atoms with E-state index < -0.39 is 56.0 Å². The Morgan fingerprint density at radius 2 is 1.88 bits per heavy atom. The second-order valence-electron chi connectivity index (χ2n) is 5.62. The van der Waals surface area contributed by atoms with Gasteiger partial charge in [0.1, 0.15) is 0 Å². The van der Waals surface area contributed by atoms with Crippen molar-refractivity contribution in [1.82, 2.24) is 4.90 Å². The van der Waals surface area contributed by atoms with Gasteiger partial charge in [0.15, 0.2) is 12.2 Å². The first-order valence-electron chi connectivity index (χ1n) is 13.5. The molecule has 0 aliphatic heterocycles. The van der Waals surface area contributed by atoms with Gasteiger partial charge < -0.3 is 9.84 Å². The quantitative estimate of drug-likeness (QED) is 0.593. The van der Waals surface area contributed by atoms with Crippen LogP contribution in [-0.4, -0.2) is 42.2 Å². The van der Waals surface area contributed by atoms with Crippen LogP contribution in [0.4, 0.5) is 0 Å². The number of aliphatic hydroxyl groups is 1. The molecule has 1 aromatic rings. The molecule has 0 amide bonds. The first-order chi connectivity index (χ1) is 16.4. The molecule has 0 bridgehead atoms. The molecule has 0 radical (unpaired) electrons. The third kappa shape index (κ3) is 5.09. The molecule has 0 saturated heterocycles. The second kappa shape index (κ2) is 10.4. The van der Waals surface area contributed by atoms with Crippen molar-refractivity contribution in [3.8, 4) is 11.8 Å². The normalized spacial score (nSPS) is 32.6. The van der Waals surface area contributed by atoms with Gasteiger partial charge in [0, 0.05) is 19.6 Å². The highest BCUT2D eigenvalue weighted by Gasteiger charge is 2.46. The lowest BCUT2D eigenvalue weighted by atomic mass is 9.73. The predicted octanol–water partition coefficient (Wildman–Crippen LogP) is 3.34. The van der Waals surface area contributed by atoms with Gasteiger partial charge in [0.05, 0.1) is 6.54 Å². The zero-order valence-corrected chi connectivity index (χ0v) is 15.0. The number of ether oxygens (including phenoxy) is 1. The predicted molar refractivity (Wildman–Crippen MR) is 103 cm³/mol. The number of esters is 1. The molecule has 0 aromatic heterocycles. The van der Waals surface area contributed by atoms with E-state index in [-0.39, 0.29) is 5.56 Å². The molecule has 1 atom stereocenters. The zero-order chi connectivity index (χ0) is 27.8. The van der Waals surface area contributed by atoms with E-state index in [1.165, 1.54) is 30.3 Å². The van der Waals surface area contributed by atoms with Crippen LogP contribution in [0, 0.1) is 17.8 Å². The molecular formula is C22H31NO3. The zero-order valence-electron chi connectivity index (χ0n) is 25.0. The maximum Gasteiger partial charge on any atom is 0.344 e. The Hall–Kier alpha value is -1.83. The van der Waals surface area contributed by atoms with E-state index in [1.54, 1.807) is 0 Å². The summed E-state index contributed by atoms with van der Waals surface area (Å²) in [5.41, 5.74) is -3.59. The lowest BCUT2D eigenvalue weighted by Crippen LogP contribution is -2.45. The first kappa shape index (κ1) is 10.5. The van der Waals surface area contributed by atoms with Crippen LogP contribution in [0.25, 0.3) is 0 Å². The molecule has 4 nitrogen and oxygen atoms in total. The van der Waals surface area contributed by atoms with Gasteiger partial charge in [0.25, 0.3) is 0 Å². The van der Waals surface area contributed by atoms with E-state index in [4.69, 9.17) is 18.4 Å². The third-order valence-corrected chi connectivity index (χ3v) is 4.10. The smallest absolute Gasteiger partial charge is 0.344 e. The maximum atomic E-state index is 13.3. The average molecular weight is 368 g/mol. The van der Waals surface area contributed by atoms with Crippen LogP contribution in [-0.2, 0) is 15.1 Å². The Labute approximate surface area is 171 Å². The Kier molecular flexibility index (Phi) is 4.18. The van der Waals surface area contributed by atoms with Gasteiger partial charge >= 0.3 is 5.97 Å². The van der Waals surface area contributed by atoms with Crippen LogP contribution in [0.1, 0.15) is 65.0 Å². The Bertz CT molecular complexity index is 972. The first-order valence-corrected chi connectivity index (χ1v) is 8.52. The van der Waals surface area contributed by atoms with Crippen molar-refractivity contribution in [3.63, 3.8) is 0 Å². The summed E-state index contributed by atoms with van der Waals surface area (Å²) in [7, 11) is 0. The molecule has 1 saturated carbocycles. The van der Waals surface area contributed by atoms with Crippen LogP contribution in [0.15, 0.2) is 30.3 Å². The minimum Gasteiger partial charge on any atom is -0.450 e. The summed E-state index contributed by atoms with van der Waals surface area (Å²) in [6, 6.07) is 6.60. The summed E-state index contributed by atoms with van der Waals surface area (Å²) in [6.07, 6.45) is -18.1. The molecular weight excluding hydrogens is 326 g/mol. The summed E-state index contributed by atoms with van der Waals surface area (Å²) >= 11 is 0. The minimum absolute atomic E-state index is 0.363. The number of benzene rings is 1. The van der Waals surface area contributed by atoms with Crippen LogP contribution >= 0.6 is 0 Å². The van der Waals surface area contributed by atoms with Gasteiger partial charge in [-0.25, -0.2) is 4.79 Å². The van der Waals surface area contributed by atoms with Gasteiger partial charge in [-0.05, 0) is 31.4 Å². The Balaban J connectivity index is 2.63. The number of hydrogen-bond donors (Lipinski definition) is 1. The number of rotatable bonds is 7. The molecule has 2 rings (SSSR count). The lowest BCUT2D eigenvalue weighted by Gasteiger charge is -2.36. The molecule has 1 aliphatic rings. The minimum atomic E-state index is -3.67. The van der Waals surface area contributed by atoms with Crippen molar-refractivity contribution in [2.75, 3.05) is 26.2 Å². The van der Waals surface area contributed by atoms with Crippen molar-refractivity contribution < 1.29 is 28.3 Å². The standard InChI is InChI=1S/C22H31NO3/c1-3-23(4-2)17-11-12-18-26-21(24)22(25,19-13-7-5-8-14-19)20-15-9-6-10-16-20/h5,7-8,13-14,20,25H,3-4,6,9-10,15-18H2,1-2H3/i6D2,9D2,10D2,15D2,16D2. The molecule has 1 fully saturated rings. The summed E-state index contributed by atoms with van der Waals surface area (Å²) in [5.74, 6) is 1.07. The van der Waals surface area contributed by atoms with E-state index in [0.717, 1.165) is 13.1 Å². The van der Waals surface area contributed by atoms with Crippen molar-refractivity contribution in [2.24, 2.45) is 5.92 Å². The van der Waals surface area contributed by atoms with Crippen molar-refractivity contribution in [1.29, 1.82) is 0 Å². The van der Waals surface area contributed by atoms with Gasteiger partial charge in [0.2, 0.25) is 0 Å². The topological polar surface area (TPSA) is 49.8 Å². The fourth-order valence-corrected chi connectivity index (χ4v) is 2.46. The highest BCUT2D eigenvalue weighted by Crippen LogP contribution is 2.40. The molecule has 26 heavy (non-hydrogen) atoms. The van der Waals surface area contributed by atoms with Crippen molar-refractivity contribution in [3.05, 3.63) is 35.9 Å². The molecule has 0 spiro atoms. The summed E-state index contributed by atoms with van der Waals surface area (Å²) in [5, 5.41) is 11.7. The fourth-order valence-electron chi connectivity index (χ4n) is 2.46. The lowest BCUT2D eigenvalue weighted by molar-refractivity contribution is -0.174. The van der Waals surface area contributed by atoms with E-state index in [1.807, 2.05) is 18.7 Å². The monoisotopic (exact) mass is 367 g/mol. The summed E-state index contributed by atoms with van der Waals surface area (Å²) in [6.45, 7) is 5.18. The molecule has 0 heterocycles. The molecule has 142 valence electrons. The number of carbonyl (C=O) groups is 1. The number of carbonyl (C=O) groups excluding carboxylic acids is 1. The highest BCUT2D eigenvalue weighted by atomic mass is 16.5. The summed E-state index contributed by atoms with van der Waals surface area (Å²) in [4.78, 5) is 15.3. The van der Waals surface area contributed by atoms with E-state index in [2.05, 4.69) is 11.8 Å². The largest absolute Gasteiger partial charge is 0.450 e. The van der Waals surface area contributed by atoms with E-state index in [0.29, 0.717) is 6.54 Å². The van der Waals surface area contributed by atoms with Gasteiger partial charge in [-0.15, -0.1) is 0 Å². The number of nitrogens with zero attached hydrogens (tertiary/aromatic N) is 1. The Morgan fingerprint density at radius 3 is 2.50 bits per heavy atom. The Morgan fingerprint density at radius 1 is 1.23 bits per heavy atom. The highest BCUT2D eigenvalue weighted by molar-refractivity contribution is 5.81. The summed E-state index contributed by atoms with van der Waals surface area (Å²) < 4.78 is 87.5. The van der Waals surface area contributed by atoms with Gasteiger partial charge in [-0.3, -0.25) is 4.90 Å². The molecule has 1 aliphatic carbocycles.